The van der Waals surface area contributed by atoms with E-state index in [1.165, 1.54) is 121 Å². The van der Waals surface area contributed by atoms with Crippen molar-refractivity contribution in [1.82, 2.24) is 0 Å². The van der Waals surface area contributed by atoms with Gasteiger partial charge in [-0.1, -0.05) is 97.1 Å². The second-order valence-corrected chi connectivity index (χ2v) is 17.2. The molecule has 0 saturated carbocycles. The number of nitrogens with one attached hydrogen (secondary N) is 4. The lowest BCUT2D eigenvalue weighted by Crippen LogP contribution is -2.29. The van der Waals surface area contributed by atoms with Gasteiger partial charge in [-0.3, -0.25) is 18.9 Å². The summed E-state index contributed by atoms with van der Waals surface area (Å²) >= 11 is 0. The maximum atomic E-state index is 14.6. The van der Waals surface area contributed by atoms with Crippen LogP contribution in [0.15, 0.2) is 165 Å². The van der Waals surface area contributed by atoms with Gasteiger partial charge in [-0.15, -0.1) is 0 Å². The zero-order chi connectivity index (χ0) is 35.6. The molecule has 0 unspecified atom stereocenters. The first-order valence-corrected chi connectivity index (χ1v) is 20.6. The third-order valence-electron chi connectivity index (χ3n) is 7.21. The molecule has 6 rings (SSSR count). The Kier molecular flexibility index (Phi) is 9.28. The monoisotopic (exact) mass is 748 g/mol. The summed E-state index contributed by atoms with van der Waals surface area (Å²) in [5, 5.41) is -0.757. The van der Waals surface area contributed by atoms with Crippen molar-refractivity contribution < 1.29 is 33.7 Å². The van der Waals surface area contributed by atoms with Crippen molar-refractivity contribution in [3.8, 4) is 0 Å². The molecule has 0 aliphatic heterocycles. The Morgan fingerprint density at radius 3 is 0.700 bits per heavy atom. The molecule has 6 aromatic rings. The molecule has 6 aromatic carbocycles. The van der Waals surface area contributed by atoms with Crippen molar-refractivity contribution >= 4 is 73.6 Å². The van der Waals surface area contributed by atoms with Gasteiger partial charge in [-0.05, 0) is 48.5 Å². The van der Waals surface area contributed by atoms with E-state index in [2.05, 4.69) is 18.9 Å². The molecule has 0 aliphatic carbocycles. The van der Waals surface area contributed by atoms with E-state index in [-0.39, 0.29) is 33.5 Å². The normalized spacial score (nSPS) is 12.2. The van der Waals surface area contributed by atoms with Gasteiger partial charge < -0.3 is 0 Å². The van der Waals surface area contributed by atoms with Crippen molar-refractivity contribution in [2.24, 2.45) is 0 Å². The lowest BCUT2D eigenvalue weighted by atomic mass is 10.1. The molecule has 4 N–H and O–H groups in total. The molecule has 50 heavy (non-hydrogen) atoms. The Bertz CT molecular complexity index is 2440. The van der Waals surface area contributed by atoms with Crippen LogP contribution in [0.1, 0.15) is 0 Å². The quantitative estimate of drug-likeness (QED) is 0.117. The van der Waals surface area contributed by atoms with Crippen molar-refractivity contribution in [2.75, 3.05) is 18.9 Å². The van der Waals surface area contributed by atoms with Crippen molar-refractivity contribution in [1.29, 1.82) is 0 Å². The molecule has 0 fully saturated rings. The second kappa shape index (κ2) is 13.5. The predicted molar refractivity (Wildman–Crippen MR) is 193 cm³/mol. The van der Waals surface area contributed by atoms with Crippen LogP contribution in [0.2, 0.25) is 0 Å². The molecule has 16 heteroatoms. The Morgan fingerprint density at radius 2 is 0.460 bits per heavy atom. The molecule has 0 atom stereocenters. The van der Waals surface area contributed by atoms with Crippen LogP contribution in [-0.2, 0) is 40.1 Å². The third-order valence-corrected chi connectivity index (χ3v) is 13.4. The standard InChI is InChI=1S/C34H28N4O8S4/c39-47(40,35-25-15-5-1-6-16-25)31-29-23-13-14-24-30(29)32(48(41,42)36-26-17-7-2-8-18-26)34(50(45,46)38-28-21-11-4-12-22-28)33(31)49(43,44)37-27-19-9-3-10-20-27/h1-24,35-38H. The van der Waals surface area contributed by atoms with Gasteiger partial charge in [0.25, 0.3) is 40.1 Å². The van der Waals surface area contributed by atoms with E-state index >= 15 is 0 Å². The van der Waals surface area contributed by atoms with Crippen LogP contribution >= 0.6 is 0 Å². The SMILES string of the molecule is O=S(=O)(Nc1ccccc1)c1c(S(=O)(=O)Nc2ccccc2)c(S(=O)(=O)Nc2ccccc2)c2ccccc2c1S(=O)(=O)Nc1ccccc1. The van der Waals surface area contributed by atoms with E-state index in [1.807, 2.05) is 0 Å². The lowest BCUT2D eigenvalue weighted by Gasteiger charge is -2.23. The summed E-state index contributed by atoms with van der Waals surface area (Å²) < 4.78 is 125. The van der Waals surface area contributed by atoms with Crippen LogP contribution in [0.3, 0.4) is 0 Å². The first-order chi connectivity index (χ1) is 23.8. The first-order valence-electron chi connectivity index (χ1n) is 14.7. The number of benzene rings is 6. The molecule has 0 radical (unpaired) electrons. The molecule has 0 spiro atoms. The van der Waals surface area contributed by atoms with Crippen LogP contribution in [0.4, 0.5) is 22.7 Å². The van der Waals surface area contributed by atoms with Gasteiger partial charge >= 0.3 is 0 Å². The summed E-state index contributed by atoms with van der Waals surface area (Å²) in [7, 11) is -20.5. The van der Waals surface area contributed by atoms with E-state index < -0.39 is 59.7 Å². The molecule has 0 amide bonds. The summed E-state index contributed by atoms with van der Waals surface area (Å²) in [4.78, 5) is -4.62. The molecule has 0 heterocycles. The number of hydrogen-bond donors (Lipinski definition) is 4. The average Bonchev–Trinajstić information content (AvgIpc) is 3.08. The van der Waals surface area contributed by atoms with Gasteiger partial charge in [-0.2, -0.15) is 0 Å². The van der Waals surface area contributed by atoms with Gasteiger partial charge in [0.2, 0.25) is 0 Å². The largest absolute Gasteiger partial charge is 0.280 e. The third kappa shape index (κ3) is 7.13. The van der Waals surface area contributed by atoms with Gasteiger partial charge in [0, 0.05) is 33.5 Å². The van der Waals surface area contributed by atoms with Crippen LogP contribution in [0.25, 0.3) is 10.8 Å². The number of rotatable bonds is 12. The Hall–Kier alpha value is -5.42. The summed E-state index contributed by atoms with van der Waals surface area (Å²) in [6, 6.07) is 34.9. The minimum Gasteiger partial charge on any atom is -0.280 e. The molecular weight excluding hydrogens is 721 g/mol. The van der Waals surface area contributed by atoms with Gasteiger partial charge in [0.15, 0.2) is 0 Å². The number of sulfonamides is 4. The highest BCUT2D eigenvalue weighted by molar-refractivity contribution is 7.98. The van der Waals surface area contributed by atoms with Gasteiger partial charge in [0.05, 0.1) is 0 Å². The molecule has 12 nitrogen and oxygen atoms in total. The second-order valence-electron chi connectivity index (χ2n) is 10.7. The highest BCUT2D eigenvalue weighted by atomic mass is 32.2. The van der Waals surface area contributed by atoms with Crippen LogP contribution < -0.4 is 18.9 Å². The van der Waals surface area contributed by atoms with Crippen molar-refractivity contribution in [3.63, 3.8) is 0 Å². The van der Waals surface area contributed by atoms with E-state index in [1.54, 1.807) is 24.3 Å². The maximum Gasteiger partial charge on any atom is 0.264 e. The Labute approximate surface area is 290 Å². The number of hydrogen-bond acceptors (Lipinski definition) is 8. The molecule has 0 aromatic heterocycles. The molecule has 256 valence electrons. The summed E-state index contributed by atoms with van der Waals surface area (Å²) in [5.41, 5.74) is -0.0344. The van der Waals surface area contributed by atoms with E-state index in [4.69, 9.17) is 0 Å². The van der Waals surface area contributed by atoms with Gasteiger partial charge in [0.1, 0.15) is 19.6 Å². The summed E-state index contributed by atoms with van der Waals surface area (Å²) in [6.07, 6.45) is 0. The van der Waals surface area contributed by atoms with E-state index in [0.29, 0.717) is 0 Å². The van der Waals surface area contributed by atoms with Crippen LogP contribution in [0, 0.1) is 0 Å². The zero-order valence-corrected chi connectivity index (χ0v) is 29.0. The lowest BCUT2D eigenvalue weighted by molar-refractivity contribution is 0.573. The summed E-state index contributed by atoms with van der Waals surface area (Å²) in [6.45, 7) is 0. The Balaban J connectivity index is 1.79. The van der Waals surface area contributed by atoms with Gasteiger partial charge in [-0.25, -0.2) is 33.7 Å². The Morgan fingerprint density at radius 1 is 0.260 bits per heavy atom. The molecular formula is C34H28N4O8S4. The summed E-state index contributed by atoms with van der Waals surface area (Å²) in [5.74, 6) is 0. The van der Waals surface area contributed by atoms with Crippen LogP contribution in [-0.4, -0.2) is 33.7 Å². The fourth-order valence-corrected chi connectivity index (χ4v) is 12.5. The van der Waals surface area contributed by atoms with E-state index in [9.17, 15) is 33.7 Å². The average molecular weight is 749 g/mol. The maximum absolute atomic E-state index is 14.6. The topological polar surface area (TPSA) is 185 Å². The molecule has 0 aliphatic rings. The number of anilines is 4. The zero-order valence-electron chi connectivity index (χ0n) is 25.8. The first kappa shape index (κ1) is 34.4. The number of para-hydroxylation sites is 4. The highest BCUT2D eigenvalue weighted by Crippen LogP contribution is 2.43. The predicted octanol–water partition coefficient (Wildman–Crippen LogP) is 6.04. The highest BCUT2D eigenvalue weighted by Gasteiger charge is 2.43. The smallest absolute Gasteiger partial charge is 0.264 e. The van der Waals surface area contributed by atoms with Crippen molar-refractivity contribution in [3.05, 3.63) is 146 Å². The van der Waals surface area contributed by atoms with Crippen molar-refractivity contribution in [2.45, 2.75) is 19.6 Å². The minimum absolute atomic E-state index is 0.0326. The number of fused-ring (bicyclic) bond motifs is 1. The minimum atomic E-state index is -5.25. The van der Waals surface area contributed by atoms with E-state index in [0.717, 1.165) is 0 Å². The molecule has 0 bridgehead atoms. The molecule has 0 saturated heterocycles. The van der Waals surface area contributed by atoms with Crippen LogP contribution in [0.5, 0.6) is 0 Å². The fraction of sp³-hybridized carbons (Fsp3) is 0. The fourth-order valence-electron chi connectivity index (χ4n) is 5.20.